The topological polar surface area (TPSA) is 44.1 Å². The number of aryl methyl sites for hydroxylation is 5. The van der Waals surface area contributed by atoms with Crippen LogP contribution in [0.15, 0.2) is 36.4 Å². The third-order valence-corrected chi connectivity index (χ3v) is 5.65. The lowest BCUT2D eigenvalue weighted by Crippen LogP contribution is -2.11. The van der Waals surface area contributed by atoms with Crippen LogP contribution >= 0.6 is 11.6 Å². The third kappa shape index (κ3) is 4.54. The molecule has 0 saturated carbocycles. The van der Waals surface area contributed by atoms with Crippen molar-refractivity contribution in [2.75, 3.05) is 6.61 Å². The summed E-state index contributed by atoms with van der Waals surface area (Å²) in [5.74, 6) is -0.238. The predicted octanol–water partition coefficient (Wildman–Crippen LogP) is 6.06. The highest BCUT2D eigenvalue weighted by atomic mass is 35.5. The van der Waals surface area contributed by atoms with E-state index in [-0.39, 0.29) is 12.4 Å². The van der Waals surface area contributed by atoms with E-state index in [0.29, 0.717) is 18.2 Å². The number of ether oxygens (including phenoxy) is 1. The van der Waals surface area contributed by atoms with Gasteiger partial charge in [0.2, 0.25) is 0 Å². The van der Waals surface area contributed by atoms with E-state index >= 15 is 0 Å². The quantitative estimate of drug-likeness (QED) is 0.464. The Morgan fingerprint density at radius 2 is 1.55 bits per heavy atom. The molecule has 2 aromatic carbocycles. The fourth-order valence-electron chi connectivity index (χ4n) is 3.27. The number of hydrogen-bond donors (Lipinski definition) is 0. The van der Waals surface area contributed by atoms with Crippen molar-refractivity contribution in [3.63, 3.8) is 0 Å². The van der Waals surface area contributed by atoms with Crippen molar-refractivity contribution >= 4 is 17.6 Å². The lowest BCUT2D eigenvalue weighted by molar-refractivity contribution is -0.143. The molecule has 0 aliphatic carbocycles. The highest BCUT2D eigenvalue weighted by Gasteiger charge is 2.20. The Bertz CT molecular complexity index is 1050. The van der Waals surface area contributed by atoms with Gasteiger partial charge in [-0.3, -0.25) is 9.48 Å². The summed E-state index contributed by atoms with van der Waals surface area (Å²) in [6.07, 6.45) is 0.246. The minimum absolute atomic E-state index is 0.238. The lowest BCUT2D eigenvalue weighted by atomic mass is 10.0. The van der Waals surface area contributed by atoms with Gasteiger partial charge in [0.05, 0.1) is 30.3 Å². The molecule has 0 aliphatic rings. The molecule has 0 atom stereocenters. The molecule has 1 heterocycles. The average Bonchev–Trinajstić information content (AvgIpc) is 3.01. The molecule has 0 N–H and O–H groups in total. The summed E-state index contributed by atoms with van der Waals surface area (Å²) in [4.78, 5) is 11.9. The van der Waals surface area contributed by atoms with Crippen molar-refractivity contribution in [1.29, 1.82) is 0 Å². The van der Waals surface area contributed by atoms with Crippen LogP contribution in [-0.4, -0.2) is 22.4 Å². The summed E-state index contributed by atoms with van der Waals surface area (Å²) < 4.78 is 6.91. The highest BCUT2D eigenvalue weighted by Crippen LogP contribution is 2.37. The molecule has 0 saturated heterocycles. The van der Waals surface area contributed by atoms with E-state index in [4.69, 9.17) is 21.4 Å². The summed E-state index contributed by atoms with van der Waals surface area (Å²) in [7, 11) is 0. The van der Waals surface area contributed by atoms with Crippen LogP contribution in [0.1, 0.15) is 35.6 Å². The first-order valence-electron chi connectivity index (χ1n) is 9.89. The summed E-state index contributed by atoms with van der Waals surface area (Å²) in [5, 5.41) is 5.39. The molecule has 0 radical (unpaired) electrons. The average molecular weight is 411 g/mol. The Balaban J connectivity index is 2.10. The van der Waals surface area contributed by atoms with E-state index in [1.165, 1.54) is 22.3 Å². The van der Waals surface area contributed by atoms with Crippen LogP contribution in [0.25, 0.3) is 22.5 Å². The first-order chi connectivity index (χ1) is 13.8. The molecule has 29 heavy (non-hydrogen) atoms. The first-order valence-corrected chi connectivity index (χ1v) is 10.3. The number of aromatic nitrogens is 2. The fourth-order valence-corrected chi connectivity index (χ4v) is 3.62. The number of hydrogen-bond acceptors (Lipinski definition) is 3. The molecule has 152 valence electrons. The van der Waals surface area contributed by atoms with Crippen LogP contribution in [0.4, 0.5) is 0 Å². The molecule has 3 aromatic rings. The molecular weight excluding hydrogens is 384 g/mol. The molecule has 1 aromatic heterocycles. The molecule has 5 heteroatoms. The van der Waals surface area contributed by atoms with Crippen LogP contribution in [-0.2, 0) is 16.1 Å². The summed E-state index contributed by atoms with van der Waals surface area (Å²) in [6, 6.07) is 12.5. The van der Waals surface area contributed by atoms with Crippen LogP contribution < -0.4 is 0 Å². The fraction of sp³-hybridized carbons (Fsp3) is 0.333. The molecular formula is C24H27ClN2O2. The van der Waals surface area contributed by atoms with Gasteiger partial charge in [0.1, 0.15) is 5.69 Å². The molecule has 4 nitrogen and oxygen atoms in total. The van der Waals surface area contributed by atoms with Gasteiger partial charge in [-0.25, -0.2) is 0 Å². The Morgan fingerprint density at radius 1 is 0.966 bits per heavy atom. The standard InChI is InChI=1S/C24H27ClN2O2/c1-6-29-21(28)11-12-27-24(20-10-8-16(3)18(5)14-20)22(25)23(26-27)19-9-7-15(2)17(4)13-19/h7-10,13-14H,6,11-12H2,1-5H3. The Morgan fingerprint density at radius 3 is 2.14 bits per heavy atom. The van der Waals surface area contributed by atoms with Crippen molar-refractivity contribution in [3.8, 4) is 22.5 Å². The van der Waals surface area contributed by atoms with Crippen molar-refractivity contribution in [3.05, 3.63) is 63.7 Å². The van der Waals surface area contributed by atoms with Crippen molar-refractivity contribution in [1.82, 2.24) is 9.78 Å². The van der Waals surface area contributed by atoms with Gasteiger partial charge in [0.15, 0.2) is 0 Å². The van der Waals surface area contributed by atoms with Crippen molar-refractivity contribution < 1.29 is 9.53 Å². The van der Waals surface area contributed by atoms with Gasteiger partial charge in [-0.1, -0.05) is 35.9 Å². The number of nitrogens with zero attached hydrogens (tertiary/aromatic N) is 2. The maximum absolute atomic E-state index is 11.9. The Kier molecular flexibility index (Phi) is 6.43. The van der Waals surface area contributed by atoms with Gasteiger partial charge in [-0.05, 0) is 69.0 Å². The smallest absolute Gasteiger partial charge is 0.307 e. The van der Waals surface area contributed by atoms with E-state index in [1.807, 2.05) is 10.7 Å². The number of benzene rings is 2. The minimum Gasteiger partial charge on any atom is -0.466 e. The van der Waals surface area contributed by atoms with E-state index in [9.17, 15) is 4.79 Å². The van der Waals surface area contributed by atoms with Gasteiger partial charge in [0.25, 0.3) is 0 Å². The molecule has 0 spiro atoms. The summed E-state index contributed by atoms with van der Waals surface area (Å²) >= 11 is 6.86. The van der Waals surface area contributed by atoms with Crippen LogP contribution in [0.5, 0.6) is 0 Å². The second-order valence-electron chi connectivity index (χ2n) is 7.39. The second-order valence-corrected chi connectivity index (χ2v) is 7.77. The second kappa shape index (κ2) is 8.83. The molecule has 0 fully saturated rings. The van der Waals surface area contributed by atoms with Gasteiger partial charge in [-0.2, -0.15) is 5.10 Å². The molecule has 0 bridgehead atoms. The first kappa shape index (κ1) is 21.1. The Labute approximate surface area is 177 Å². The molecule has 0 aliphatic heterocycles. The molecule has 3 rings (SSSR count). The molecule has 0 amide bonds. The summed E-state index contributed by atoms with van der Waals surface area (Å²) in [5.41, 5.74) is 8.33. The van der Waals surface area contributed by atoms with Crippen LogP contribution in [0.2, 0.25) is 5.02 Å². The largest absolute Gasteiger partial charge is 0.466 e. The monoisotopic (exact) mass is 410 g/mol. The molecule has 0 unspecified atom stereocenters. The van der Waals surface area contributed by atoms with Gasteiger partial charge in [0, 0.05) is 11.1 Å². The van der Waals surface area contributed by atoms with Gasteiger partial charge in [-0.15, -0.1) is 0 Å². The van der Waals surface area contributed by atoms with Crippen molar-refractivity contribution in [2.45, 2.75) is 47.6 Å². The zero-order valence-electron chi connectivity index (χ0n) is 17.7. The van der Waals surface area contributed by atoms with Crippen molar-refractivity contribution in [2.24, 2.45) is 0 Å². The zero-order valence-corrected chi connectivity index (χ0v) is 18.4. The van der Waals surface area contributed by atoms with E-state index < -0.39 is 0 Å². The predicted molar refractivity (Wildman–Crippen MR) is 118 cm³/mol. The third-order valence-electron chi connectivity index (χ3n) is 5.29. The van der Waals surface area contributed by atoms with Gasteiger partial charge < -0.3 is 4.74 Å². The number of esters is 1. The normalized spacial score (nSPS) is 11.0. The van der Waals surface area contributed by atoms with E-state index in [2.05, 4.69) is 58.0 Å². The maximum atomic E-state index is 11.9. The zero-order chi connectivity index (χ0) is 21.1. The van der Waals surface area contributed by atoms with E-state index in [1.54, 1.807) is 6.92 Å². The number of rotatable bonds is 6. The maximum Gasteiger partial charge on any atom is 0.307 e. The number of carbonyl (C=O) groups excluding carboxylic acids is 1. The lowest BCUT2D eigenvalue weighted by Gasteiger charge is -2.10. The van der Waals surface area contributed by atoms with E-state index in [0.717, 1.165) is 22.5 Å². The van der Waals surface area contributed by atoms with Crippen LogP contribution in [0.3, 0.4) is 0 Å². The number of carbonyl (C=O) groups is 1. The number of halogens is 1. The Hall–Kier alpha value is -2.59. The SMILES string of the molecule is CCOC(=O)CCn1nc(-c2ccc(C)c(C)c2)c(Cl)c1-c1ccc(C)c(C)c1. The summed E-state index contributed by atoms with van der Waals surface area (Å²) in [6.45, 7) is 10.9. The highest BCUT2D eigenvalue weighted by molar-refractivity contribution is 6.35. The minimum atomic E-state index is -0.238. The van der Waals surface area contributed by atoms with Gasteiger partial charge >= 0.3 is 5.97 Å². The van der Waals surface area contributed by atoms with Crippen LogP contribution in [0, 0.1) is 27.7 Å².